The normalized spacial score (nSPS) is 20.0. The maximum absolute atomic E-state index is 11.4. The van der Waals surface area contributed by atoms with Crippen molar-refractivity contribution in [1.82, 2.24) is 0 Å². The average Bonchev–Trinajstić information content (AvgIpc) is 2.78. The fourth-order valence-electron chi connectivity index (χ4n) is 4.51. The number of hydrogen-bond acceptors (Lipinski definition) is 5. The summed E-state index contributed by atoms with van der Waals surface area (Å²) in [5.41, 5.74) is 3.49. The van der Waals surface area contributed by atoms with Crippen LogP contribution in [-0.2, 0) is 17.6 Å². The summed E-state index contributed by atoms with van der Waals surface area (Å²) >= 11 is 0. The van der Waals surface area contributed by atoms with Crippen molar-refractivity contribution in [1.29, 1.82) is 0 Å². The Hall–Kier alpha value is -2.93. The fraction of sp³-hybridized carbons (Fsp3) is 0.458. The molecule has 31 heavy (non-hydrogen) atoms. The number of carboxylic acid groups (broad SMARTS) is 1. The molecule has 2 atom stereocenters. The predicted octanol–water partition coefficient (Wildman–Crippen LogP) is 3.48. The Morgan fingerprint density at radius 1 is 0.968 bits per heavy atom. The van der Waals surface area contributed by atoms with E-state index in [1.807, 2.05) is 18.2 Å². The molecule has 0 saturated carbocycles. The van der Waals surface area contributed by atoms with E-state index in [-0.39, 0.29) is 12.5 Å². The second-order valence-corrected chi connectivity index (χ2v) is 8.14. The van der Waals surface area contributed by atoms with Gasteiger partial charge >= 0.3 is 5.97 Å². The number of quaternary nitrogens is 1. The lowest BCUT2D eigenvalue weighted by molar-refractivity contribution is -0.940. The molecule has 1 aliphatic rings. The van der Waals surface area contributed by atoms with E-state index in [4.69, 9.17) is 18.9 Å². The number of rotatable bonds is 9. The predicted molar refractivity (Wildman–Crippen MR) is 117 cm³/mol. The van der Waals surface area contributed by atoms with Crippen LogP contribution in [0.4, 0.5) is 0 Å². The molecule has 1 unspecified atom stereocenters. The lowest BCUT2D eigenvalue weighted by Gasteiger charge is -2.46. The standard InChI is InChI=1S/C24H31NO6/c1-25(11-9-24(26)27)10-8-17-14-22(30-4)23(31-5)15-18(17)19(25)12-16-6-7-20(28-2)21(13-16)29-3/h6-7,13-15,19H,8-12H2,1-5H3/p+1/t19-,25?/m1/s1. The monoisotopic (exact) mass is 430 g/mol. The molecule has 2 aromatic carbocycles. The van der Waals surface area contributed by atoms with Gasteiger partial charge in [0.05, 0.1) is 55.0 Å². The number of ether oxygens (including phenoxy) is 4. The first kappa shape index (κ1) is 22.7. The SMILES string of the molecule is COc1ccc(C[C@@H]2c3cc(OC)c(OC)cc3CC[N+]2(C)CCC(=O)O)cc1OC. The quantitative estimate of drug-likeness (QED) is 0.614. The molecular weight excluding hydrogens is 398 g/mol. The number of carboxylic acids is 1. The fourth-order valence-corrected chi connectivity index (χ4v) is 4.51. The highest BCUT2D eigenvalue weighted by molar-refractivity contribution is 5.66. The van der Waals surface area contributed by atoms with Gasteiger partial charge in [-0.1, -0.05) is 6.07 Å². The number of carbonyl (C=O) groups is 1. The number of nitrogens with zero attached hydrogens (tertiary/aromatic N) is 1. The molecule has 1 heterocycles. The minimum Gasteiger partial charge on any atom is -0.493 e. The minimum absolute atomic E-state index is 0.0704. The molecule has 0 saturated heterocycles. The van der Waals surface area contributed by atoms with Crippen molar-refractivity contribution in [2.24, 2.45) is 0 Å². The summed E-state index contributed by atoms with van der Waals surface area (Å²) < 4.78 is 22.6. The van der Waals surface area contributed by atoms with Crippen molar-refractivity contribution in [2.45, 2.75) is 25.3 Å². The Bertz CT molecular complexity index is 944. The van der Waals surface area contributed by atoms with Gasteiger partial charge in [-0.3, -0.25) is 4.79 Å². The van der Waals surface area contributed by atoms with Crippen LogP contribution in [0.3, 0.4) is 0 Å². The van der Waals surface area contributed by atoms with Crippen molar-refractivity contribution >= 4 is 5.97 Å². The third-order valence-corrected chi connectivity index (χ3v) is 6.36. The molecule has 0 fully saturated rings. The molecule has 0 bridgehead atoms. The second-order valence-electron chi connectivity index (χ2n) is 8.14. The van der Waals surface area contributed by atoms with Crippen LogP contribution in [0.5, 0.6) is 23.0 Å². The van der Waals surface area contributed by atoms with E-state index in [0.717, 1.165) is 24.9 Å². The van der Waals surface area contributed by atoms with Gasteiger partial charge in [-0.2, -0.15) is 0 Å². The first-order valence-electron chi connectivity index (χ1n) is 10.4. The van der Waals surface area contributed by atoms with Crippen LogP contribution in [-0.4, -0.2) is 64.1 Å². The number of methoxy groups -OCH3 is 4. The van der Waals surface area contributed by atoms with Crippen molar-refractivity contribution in [3.63, 3.8) is 0 Å². The topological polar surface area (TPSA) is 74.2 Å². The summed E-state index contributed by atoms with van der Waals surface area (Å²) in [6.07, 6.45) is 1.72. The summed E-state index contributed by atoms with van der Waals surface area (Å²) in [7, 11) is 8.67. The zero-order valence-electron chi connectivity index (χ0n) is 18.9. The highest BCUT2D eigenvalue weighted by Gasteiger charge is 2.40. The lowest BCUT2D eigenvalue weighted by atomic mass is 9.86. The zero-order chi connectivity index (χ0) is 22.6. The molecule has 0 aliphatic carbocycles. The van der Waals surface area contributed by atoms with Gasteiger partial charge < -0.3 is 28.5 Å². The number of likely N-dealkylation sites (N-methyl/N-ethyl adjacent to an activating group) is 1. The molecule has 7 heteroatoms. The number of aliphatic carboxylic acids is 1. The van der Waals surface area contributed by atoms with E-state index >= 15 is 0 Å². The molecule has 7 nitrogen and oxygen atoms in total. The van der Waals surface area contributed by atoms with Crippen LogP contribution in [0, 0.1) is 0 Å². The third kappa shape index (κ3) is 4.71. The first-order valence-corrected chi connectivity index (χ1v) is 10.4. The van der Waals surface area contributed by atoms with Gasteiger partial charge in [0.2, 0.25) is 0 Å². The Labute approximate surface area is 183 Å². The van der Waals surface area contributed by atoms with Crippen LogP contribution < -0.4 is 18.9 Å². The maximum Gasteiger partial charge on any atom is 0.309 e. The molecule has 0 spiro atoms. The lowest BCUT2D eigenvalue weighted by Crippen LogP contribution is -2.53. The summed E-state index contributed by atoms with van der Waals surface area (Å²) in [4.78, 5) is 11.4. The van der Waals surface area contributed by atoms with E-state index in [2.05, 4.69) is 19.2 Å². The third-order valence-electron chi connectivity index (χ3n) is 6.36. The summed E-state index contributed by atoms with van der Waals surface area (Å²) in [6.45, 7) is 1.41. The smallest absolute Gasteiger partial charge is 0.309 e. The van der Waals surface area contributed by atoms with Crippen molar-refractivity contribution < 1.29 is 33.3 Å². The molecule has 2 aromatic rings. The van der Waals surface area contributed by atoms with Crippen LogP contribution in [0.15, 0.2) is 30.3 Å². The number of fused-ring (bicyclic) bond motifs is 1. The molecule has 1 N–H and O–H groups in total. The summed E-state index contributed by atoms with van der Waals surface area (Å²) in [5.74, 6) is 1.99. The Morgan fingerprint density at radius 3 is 2.19 bits per heavy atom. The molecule has 0 radical (unpaired) electrons. The van der Waals surface area contributed by atoms with Crippen molar-refractivity contribution in [3.8, 4) is 23.0 Å². The number of benzene rings is 2. The average molecular weight is 431 g/mol. The summed E-state index contributed by atoms with van der Waals surface area (Å²) in [6, 6.07) is 10.1. The molecule has 168 valence electrons. The van der Waals surface area contributed by atoms with Crippen LogP contribution >= 0.6 is 0 Å². The molecular formula is C24H32NO6+. The minimum atomic E-state index is -0.776. The largest absolute Gasteiger partial charge is 0.493 e. The highest BCUT2D eigenvalue weighted by atomic mass is 16.5. The Balaban J connectivity index is 2.06. The molecule has 0 aromatic heterocycles. The number of hydrogen-bond donors (Lipinski definition) is 1. The van der Waals surface area contributed by atoms with Gasteiger partial charge in [-0.05, 0) is 35.4 Å². The second kappa shape index (κ2) is 9.47. The van der Waals surface area contributed by atoms with Crippen molar-refractivity contribution in [3.05, 3.63) is 47.0 Å². The molecule has 1 aliphatic heterocycles. The van der Waals surface area contributed by atoms with E-state index in [0.29, 0.717) is 34.0 Å². The van der Waals surface area contributed by atoms with E-state index < -0.39 is 5.97 Å². The Kier molecular flexibility index (Phi) is 6.95. The van der Waals surface area contributed by atoms with Crippen LogP contribution in [0.1, 0.15) is 29.2 Å². The van der Waals surface area contributed by atoms with Crippen LogP contribution in [0.2, 0.25) is 0 Å². The highest BCUT2D eigenvalue weighted by Crippen LogP contribution is 2.43. The van der Waals surface area contributed by atoms with E-state index in [1.54, 1.807) is 28.4 Å². The van der Waals surface area contributed by atoms with E-state index in [1.165, 1.54) is 11.1 Å². The van der Waals surface area contributed by atoms with E-state index in [9.17, 15) is 9.90 Å². The molecule has 3 rings (SSSR count). The van der Waals surface area contributed by atoms with Gasteiger partial charge in [0, 0.05) is 18.4 Å². The van der Waals surface area contributed by atoms with Gasteiger partial charge in [0.1, 0.15) is 6.04 Å². The zero-order valence-corrected chi connectivity index (χ0v) is 18.9. The van der Waals surface area contributed by atoms with Gasteiger partial charge in [0.25, 0.3) is 0 Å². The maximum atomic E-state index is 11.4. The first-order chi connectivity index (χ1) is 14.8. The molecule has 0 amide bonds. The van der Waals surface area contributed by atoms with Gasteiger partial charge in [0.15, 0.2) is 23.0 Å². The summed E-state index contributed by atoms with van der Waals surface area (Å²) in [5, 5.41) is 9.33. The van der Waals surface area contributed by atoms with Gasteiger partial charge in [-0.15, -0.1) is 0 Å². The van der Waals surface area contributed by atoms with Crippen LogP contribution in [0.25, 0.3) is 0 Å². The van der Waals surface area contributed by atoms with Gasteiger partial charge in [-0.25, -0.2) is 0 Å². The van der Waals surface area contributed by atoms with Crippen molar-refractivity contribution in [2.75, 3.05) is 48.6 Å². The Morgan fingerprint density at radius 2 is 1.58 bits per heavy atom.